The second kappa shape index (κ2) is 7.32. The van der Waals surface area contributed by atoms with Crippen molar-refractivity contribution in [1.29, 1.82) is 0 Å². The zero-order valence-corrected chi connectivity index (χ0v) is 14.3. The molecule has 2 aromatic rings. The van der Waals surface area contributed by atoms with Gasteiger partial charge in [0.15, 0.2) is 6.61 Å². The van der Waals surface area contributed by atoms with E-state index in [1.54, 1.807) is 0 Å². The Kier molecular flexibility index (Phi) is 5.43. The Labute approximate surface area is 138 Å². The lowest BCUT2D eigenvalue weighted by atomic mass is 9.87. The molecule has 0 bridgehead atoms. The molecule has 2 rings (SSSR count). The number of hydrogen-bond donors (Lipinski definition) is 1. The van der Waals surface area contributed by atoms with Gasteiger partial charge in [-0.25, -0.2) is 0 Å². The smallest absolute Gasteiger partial charge is 0.258 e. The van der Waals surface area contributed by atoms with Crippen LogP contribution in [0.5, 0.6) is 5.75 Å². The topological polar surface area (TPSA) is 38.3 Å². The monoisotopic (exact) mass is 311 g/mol. The molecule has 0 aliphatic rings. The van der Waals surface area contributed by atoms with E-state index in [0.717, 1.165) is 5.56 Å². The van der Waals surface area contributed by atoms with Crippen LogP contribution in [0.4, 0.5) is 0 Å². The van der Waals surface area contributed by atoms with Gasteiger partial charge < -0.3 is 10.1 Å². The Morgan fingerprint density at radius 1 is 1.09 bits per heavy atom. The van der Waals surface area contributed by atoms with E-state index in [1.807, 2.05) is 49.4 Å². The van der Waals surface area contributed by atoms with Crippen molar-refractivity contribution in [1.82, 2.24) is 5.32 Å². The first-order chi connectivity index (χ1) is 10.8. The Hall–Kier alpha value is -2.29. The van der Waals surface area contributed by atoms with E-state index in [0.29, 0.717) is 12.3 Å². The predicted octanol–water partition coefficient (Wildman–Crippen LogP) is 3.99. The largest absolute Gasteiger partial charge is 0.484 e. The molecule has 0 unspecified atom stereocenters. The normalized spacial score (nSPS) is 11.1. The molecule has 0 spiro atoms. The van der Waals surface area contributed by atoms with Gasteiger partial charge in [-0.2, -0.15) is 0 Å². The van der Waals surface area contributed by atoms with Crippen molar-refractivity contribution in [3.63, 3.8) is 0 Å². The van der Waals surface area contributed by atoms with Crippen LogP contribution in [0.25, 0.3) is 0 Å². The summed E-state index contributed by atoms with van der Waals surface area (Å²) >= 11 is 0. The number of nitrogens with one attached hydrogen (secondary N) is 1. The molecule has 0 aliphatic heterocycles. The standard InChI is InChI=1S/C20H25NO2/c1-15-6-5-7-16(12-15)13-21-19(22)14-23-18-10-8-17(9-11-18)20(2,3)4/h5-12H,13-14H2,1-4H3,(H,21,22). The van der Waals surface area contributed by atoms with Gasteiger partial charge in [0.1, 0.15) is 5.75 Å². The summed E-state index contributed by atoms with van der Waals surface area (Å²) in [5, 5.41) is 2.87. The van der Waals surface area contributed by atoms with Crippen LogP contribution >= 0.6 is 0 Å². The number of carbonyl (C=O) groups excluding carboxylic acids is 1. The first-order valence-electron chi connectivity index (χ1n) is 7.90. The molecule has 0 saturated heterocycles. The van der Waals surface area contributed by atoms with Gasteiger partial charge in [0.05, 0.1) is 0 Å². The maximum absolute atomic E-state index is 11.9. The molecule has 1 N–H and O–H groups in total. The summed E-state index contributed by atoms with van der Waals surface area (Å²) in [6, 6.07) is 16.0. The molecule has 0 aliphatic carbocycles. The highest BCUT2D eigenvalue weighted by molar-refractivity contribution is 5.77. The van der Waals surface area contributed by atoms with E-state index in [4.69, 9.17) is 4.74 Å². The van der Waals surface area contributed by atoms with Crippen molar-refractivity contribution >= 4 is 5.91 Å². The van der Waals surface area contributed by atoms with E-state index in [1.165, 1.54) is 11.1 Å². The summed E-state index contributed by atoms with van der Waals surface area (Å²) in [5.74, 6) is 0.593. The molecular weight excluding hydrogens is 286 g/mol. The minimum atomic E-state index is -0.119. The number of aryl methyl sites for hydroxylation is 1. The van der Waals surface area contributed by atoms with Crippen molar-refractivity contribution in [2.24, 2.45) is 0 Å². The average molecular weight is 311 g/mol. The zero-order valence-electron chi connectivity index (χ0n) is 14.3. The molecule has 3 heteroatoms. The van der Waals surface area contributed by atoms with Gasteiger partial charge in [0.2, 0.25) is 0 Å². The summed E-state index contributed by atoms with van der Waals surface area (Å²) < 4.78 is 5.54. The lowest BCUT2D eigenvalue weighted by Crippen LogP contribution is -2.28. The highest BCUT2D eigenvalue weighted by Gasteiger charge is 2.13. The number of rotatable bonds is 5. The lowest BCUT2D eigenvalue weighted by molar-refractivity contribution is -0.123. The molecule has 0 heterocycles. The van der Waals surface area contributed by atoms with Crippen molar-refractivity contribution < 1.29 is 9.53 Å². The number of carbonyl (C=O) groups is 1. The first kappa shape index (κ1) is 17.1. The van der Waals surface area contributed by atoms with Gasteiger partial charge in [0, 0.05) is 6.54 Å². The first-order valence-corrected chi connectivity index (χ1v) is 7.90. The fourth-order valence-electron chi connectivity index (χ4n) is 2.27. The third kappa shape index (κ3) is 5.44. The zero-order chi connectivity index (χ0) is 16.9. The number of amides is 1. The van der Waals surface area contributed by atoms with E-state index in [9.17, 15) is 4.79 Å². The lowest BCUT2D eigenvalue weighted by Gasteiger charge is -2.19. The third-order valence-electron chi connectivity index (χ3n) is 3.66. The summed E-state index contributed by atoms with van der Waals surface area (Å²) in [4.78, 5) is 11.9. The highest BCUT2D eigenvalue weighted by Crippen LogP contribution is 2.24. The van der Waals surface area contributed by atoms with Gasteiger partial charge in [-0.3, -0.25) is 4.79 Å². The second-order valence-electron chi connectivity index (χ2n) is 6.83. The van der Waals surface area contributed by atoms with E-state index < -0.39 is 0 Å². The van der Waals surface area contributed by atoms with Crippen LogP contribution in [-0.2, 0) is 16.8 Å². The summed E-state index contributed by atoms with van der Waals surface area (Å²) in [6.07, 6.45) is 0. The molecular formula is C20H25NO2. The molecule has 0 fully saturated rings. The van der Waals surface area contributed by atoms with Crippen LogP contribution in [0.3, 0.4) is 0 Å². The maximum Gasteiger partial charge on any atom is 0.258 e. The van der Waals surface area contributed by atoms with Crippen LogP contribution in [0.1, 0.15) is 37.5 Å². The molecule has 0 radical (unpaired) electrons. The Bertz CT molecular complexity index is 654. The van der Waals surface area contributed by atoms with Crippen molar-refractivity contribution in [2.75, 3.05) is 6.61 Å². The SMILES string of the molecule is Cc1cccc(CNC(=O)COc2ccc(C(C)(C)C)cc2)c1. The fraction of sp³-hybridized carbons (Fsp3) is 0.350. The maximum atomic E-state index is 11.9. The predicted molar refractivity (Wildman–Crippen MR) is 93.7 cm³/mol. The van der Waals surface area contributed by atoms with Crippen LogP contribution in [0, 0.1) is 6.92 Å². The molecule has 0 aromatic heterocycles. The van der Waals surface area contributed by atoms with Crippen LogP contribution in [0.15, 0.2) is 48.5 Å². The van der Waals surface area contributed by atoms with Crippen molar-refractivity contribution in [2.45, 2.75) is 39.7 Å². The van der Waals surface area contributed by atoms with Gasteiger partial charge >= 0.3 is 0 Å². The van der Waals surface area contributed by atoms with Crippen molar-refractivity contribution in [3.8, 4) is 5.75 Å². The molecule has 0 saturated carbocycles. The summed E-state index contributed by atoms with van der Waals surface area (Å²) in [5.41, 5.74) is 3.64. The summed E-state index contributed by atoms with van der Waals surface area (Å²) in [6.45, 7) is 9.09. The molecule has 1 amide bonds. The average Bonchev–Trinajstić information content (AvgIpc) is 2.50. The Balaban J connectivity index is 1.80. The van der Waals surface area contributed by atoms with E-state index in [2.05, 4.69) is 32.2 Å². The molecule has 23 heavy (non-hydrogen) atoms. The number of benzene rings is 2. The van der Waals surface area contributed by atoms with Crippen LogP contribution in [-0.4, -0.2) is 12.5 Å². The Morgan fingerprint density at radius 3 is 2.39 bits per heavy atom. The molecule has 122 valence electrons. The minimum absolute atomic E-state index is 0.0285. The number of hydrogen-bond acceptors (Lipinski definition) is 2. The third-order valence-corrected chi connectivity index (χ3v) is 3.66. The number of ether oxygens (including phenoxy) is 1. The van der Waals surface area contributed by atoms with Crippen LogP contribution < -0.4 is 10.1 Å². The second-order valence-corrected chi connectivity index (χ2v) is 6.83. The van der Waals surface area contributed by atoms with Crippen LogP contribution in [0.2, 0.25) is 0 Å². The van der Waals surface area contributed by atoms with Gasteiger partial charge in [-0.05, 0) is 35.6 Å². The van der Waals surface area contributed by atoms with Gasteiger partial charge in [-0.1, -0.05) is 62.7 Å². The minimum Gasteiger partial charge on any atom is -0.484 e. The summed E-state index contributed by atoms with van der Waals surface area (Å²) in [7, 11) is 0. The van der Waals surface area contributed by atoms with Gasteiger partial charge in [0.25, 0.3) is 5.91 Å². The van der Waals surface area contributed by atoms with E-state index >= 15 is 0 Å². The Morgan fingerprint density at radius 2 is 1.78 bits per heavy atom. The molecule has 0 atom stereocenters. The fourth-order valence-corrected chi connectivity index (χ4v) is 2.27. The van der Waals surface area contributed by atoms with Crippen molar-refractivity contribution in [3.05, 3.63) is 65.2 Å². The van der Waals surface area contributed by atoms with E-state index in [-0.39, 0.29) is 17.9 Å². The molecule has 2 aromatic carbocycles. The van der Waals surface area contributed by atoms with Gasteiger partial charge in [-0.15, -0.1) is 0 Å². The molecule has 3 nitrogen and oxygen atoms in total. The quantitative estimate of drug-likeness (QED) is 0.907. The highest BCUT2D eigenvalue weighted by atomic mass is 16.5.